The molecule has 1 aromatic rings. The number of aliphatic hydroxyl groups is 1. The summed E-state index contributed by atoms with van der Waals surface area (Å²) in [4.78, 5) is 1.17. The summed E-state index contributed by atoms with van der Waals surface area (Å²) in [6.07, 6.45) is -2.59. The zero-order valence-corrected chi connectivity index (χ0v) is 9.04. The van der Waals surface area contributed by atoms with Gasteiger partial charge in [-0.3, -0.25) is 4.90 Å². The molecule has 0 fully saturated rings. The summed E-state index contributed by atoms with van der Waals surface area (Å²) >= 11 is 0. The molecule has 0 spiro atoms. The first-order chi connectivity index (χ1) is 8.04. The number of aliphatic hydroxyl groups excluding tert-OH is 1. The van der Waals surface area contributed by atoms with Crippen LogP contribution in [0.4, 0.5) is 17.6 Å². The fourth-order valence-electron chi connectivity index (χ4n) is 1.48. The normalized spacial score (nSPS) is 11.5. The molecular weight excluding hydrogens is 238 g/mol. The van der Waals surface area contributed by atoms with E-state index in [2.05, 4.69) is 0 Å². The molecule has 0 aliphatic rings. The second kappa shape index (κ2) is 6.56. The Morgan fingerprint density at radius 1 is 1.24 bits per heavy atom. The van der Waals surface area contributed by atoms with Gasteiger partial charge in [0.2, 0.25) is 0 Å². The van der Waals surface area contributed by atoms with Crippen LogP contribution >= 0.6 is 0 Å². The first-order valence-corrected chi connectivity index (χ1v) is 5.09. The van der Waals surface area contributed by atoms with Crippen LogP contribution in [0.5, 0.6) is 0 Å². The molecule has 17 heavy (non-hydrogen) atoms. The topological polar surface area (TPSA) is 23.5 Å². The smallest absolute Gasteiger partial charge is 0.251 e. The molecule has 1 aromatic carbocycles. The van der Waals surface area contributed by atoms with Gasteiger partial charge in [0, 0.05) is 18.7 Å². The van der Waals surface area contributed by atoms with E-state index >= 15 is 0 Å². The molecular formula is C11H13F4NO. The average molecular weight is 251 g/mol. The highest BCUT2D eigenvalue weighted by atomic mass is 19.3. The number of alkyl halides is 2. The van der Waals surface area contributed by atoms with Gasteiger partial charge in [0.15, 0.2) is 11.6 Å². The van der Waals surface area contributed by atoms with Crippen molar-refractivity contribution in [3.63, 3.8) is 0 Å². The Morgan fingerprint density at radius 3 is 2.53 bits per heavy atom. The largest absolute Gasteiger partial charge is 0.395 e. The summed E-state index contributed by atoms with van der Waals surface area (Å²) in [6, 6.07) is 3.60. The summed E-state index contributed by atoms with van der Waals surface area (Å²) < 4.78 is 50.6. The fourth-order valence-corrected chi connectivity index (χ4v) is 1.48. The monoisotopic (exact) mass is 251 g/mol. The second-order valence-corrected chi connectivity index (χ2v) is 3.56. The van der Waals surface area contributed by atoms with E-state index in [0.29, 0.717) is 0 Å². The molecule has 0 radical (unpaired) electrons. The molecule has 0 aromatic heterocycles. The quantitative estimate of drug-likeness (QED) is 0.782. The molecule has 0 aliphatic heterocycles. The van der Waals surface area contributed by atoms with Gasteiger partial charge in [-0.2, -0.15) is 0 Å². The van der Waals surface area contributed by atoms with E-state index in [4.69, 9.17) is 5.11 Å². The van der Waals surface area contributed by atoms with Crippen LogP contribution in [0.3, 0.4) is 0 Å². The minimum Gasteiger partial charge on any atom is -0.395 e. The van der Waals surface area contributed by atoms with Crippen molar-refractivity contribution < 1.29 is 22.7 Å². The van der Waals surface area contributed by atoms with Crippen molar-refractivity contribution in [2.24, 2.45) is 0 Å². The molecule has 0 bridgehead atoms. The van der Waals surface area contributed by atoms with Crippen LogP contribution in [-0.2, 0) is 6.54 Å². The molecule has 0 unspecified atom stereocenters. The molecule has 0 aliphatic carbocycles. The maximum absolute atomic E-state index is 13.3. The lowest BCUT2D eigenvalue weighted by molar-refractivity contribution is 0.0740. The molecule has 0 amide bonds. The van der Waals surface area contributed by atoms with Crippen LogP contribution in [0.1, 0.15) is 5.56 Å². The predicted octanol–water partition coefficient (Wildman–Crippen LogP) is 2.02. The number of rotatable bonds is 6. The predicted molar refractivity (Wildman–Crippen MR) is 54.7 cm³/mol. The molecule has 0 saturated heterocycles. The Balaban J connectivity index is 2.74. The Kier molecular flexibility index (Phi) is 5.37. The first-order valence-electron chi connectivity index (χ1n) is 5.09. The molecule has 0 saturated carbocycles. The van der Waals surface area contributed by atoms with Gasteiger partial charge in [0.1, 0.15) is 0 Å². The molecule has 1 rings (SSSR count). The summed E-state index contributed by atoms with van der Waals surface area (Å²) in [5.41, 5.74) is -0.000833. The molecule has 96 valence electrons. The number of halogens is 4. The van der Waals surface area contributed by atoms with Crippen molar-refractivity contribution in [2.75, 3.05) is 19.7 Å². The van der Waals surface area contributed by atoms with Gasteiger partial charge in [-0.25, -0.2) is 17.6 Å². The van der Waals surface area contributed by atoms with Crippen LogP contribution in [0.2, 0.25) is 0 Å². The molecule has 1 N–H and O–H groups in total. The Bertz CT molecular complexity index is 359. The van der Waals surface area contributed by atoms with Crippen LogP contribution in [0, 0.1) is 11.6 Å². The van der Waals surface area contributed by atoms with Crippen LogP contribution in [0.25, 0.3) is 0 Å². The van der Waals surface area contributed by atoms with Crippen LogP contribution in [0.15, 0.2) is 18.2 Å². The molecule has 6 heteroatoms. The minimum absolute atomic E-state index is 0.000833. The lowest BCUT2D eigenvalue weighted by Gasteiger charge is -2.21. The Morgan fingerprint density at radius 2 is 1.94 bits per heavy atom. The average Bonchev–Trinajstić information content (AvgIpc) is 2.24. The van der Waals surface area contributed by atoms with E-state index in [1.807, 2.05) is 0 Å². The van der Waals surface area contributed by atoms with E-state index in [1.165, 1.54) is 17.0 Å². The summed E-state index contributed by atoms with van der Waals surface area (Å²) in [5, 5.41) is 8.70. The zero-order chi connectivity index (χ0) is 12.8. The highest BCUT2D eigenvalue weighted by Crippen LogP contribution is 2.14. The van der Waals surface area contributed by atoms with Gasteiger partial charge in [0.05, 0.1) is 13.2 Å². The lowest BCUT2D eigenvalue weighted by Crippen LogP contribution is -2.31. The van der Waals surface area contributed by atoms with Crippen molar-refractivity contribution >= 4 is 0 Å². The maximum atomic E-state index is 13.3. The van der Waals surface area contributed by atoms with Crippen LogP contribution in [-0.4, -0.2) is 36.1 Å². The van der Waals surface area contributed by atoms with Gasteiger partial charge < -0.3 is 5.11 Å². The number of hydrogen-bond donors (Lipinski definition) is 1. The first kappa shape index (κ1) is 13.9. The summed E-state index contributed by atoms with van der Waals surface area (Å²) in [6.45, 7) is -1.07. The van der Waals surface area contributed by atoms with Gasteiger partial charge in [0.25, 0.3) is 6.43 Å². The number of benzene rings is 1. The van der Waals surface area contributed by atoms with E-state index in [9.17, 15) is 17.6 Å². The van der Waals surface area contributed by atoms with Crippen molar-refractivity contribution in [1.82, 2.24) is 4.90 Å². The lowest BCUT2D eigenvalue weighted by atomic mass is 10.2. The number of hydrogen-bond acceptors (Lipinski definition) is 2. The van der Waals surface area contributed by atoms with Crippen molar-refractivity contribution in [1.29, 1.82) is 0 Å². The van der Waals surface area contributed by atoms with Gasteiger partial charge >= 0.3 is 0 Å². The maximum Gasteiger partial charge on any atom is 0.251 e. The standard InChI is InChI=1S/C11H13F4NO/c12-9-3-1-2-8(11(9)15)6-16(4-5-17)7-10(13)14/h1-3,10,17H,4-7H2. The Hall–Kier alpha value is -1.14. The third kappa shape index (κ3) is 4.32. The zero-order valence-electron chi connectivity index (χ0n) is 9.04. The van der Waals surface area contributed by atoms with E-state index in [1.54, 1.807) is 0 Å². The van der Waals surface area contributed by atoms with Gasteiger partial charge in [-0.15, -0.1) is 0 Å². The summed E-state index contributed by atoms with van der Waals surface area (Å²) in [5.74, 6) is -2.05. The fraction of sp³-hybridized carbons (Fsp3) is 0.455. The molecule has 0 heterocycles. The highest BCUT2D eigenvalue weighted by molar-refractivity contribution is 5.18. The Labute approximate surface area is 96.5 Å². The summed E-state index contributed by atoms with van der Waals surface area (Å²) in [7, 11) is 0. The second-order valence-electron chi connectivity index (χ2n) is 3.56. The third-order valence-electron chi connectivity index (χ3n) is 2.24. The molecule has 0 atom stereocenters. The van der Waals surface area contributed by atoms with Gasteiger partial charge in [-0.05, 0) is 6.07 Å². The van der Waals surface area contributed by atoms with E-state index in [0.717, 1.165) is 6.07 Å². The SMILES string of the molecule is OCCN(Cc1cccc(F)c1F)CC(F)F. The number of nitrogens with zero attached hydrogens (tertiary/aromatic N) is 1. The third-order valence-corrected chi connectivity index (χ3v) is 2.24. The van der Waals surface area contributed by atoms with E-state index in [-0.39, 0.29) is 25.3 Å². The van der Waals surface area contributed by atoms with Crippen molar-refractivity contribution in [2.45, 2.75) is 13.0 Å². The van der Waals surface area contributed by atoms with E-state index < -0.39 is 24.6 Å². The van der Waals surface area contributed by atoms with Crippen molar-refractivity contribution in [3.8, 4) is 0 Å². The highest BCUT2D eigenvalue weighted by Gasteiger charge is 2.15. The minimum atomic E-state index is -2.59. The van der Waals surface area contributed by atoms with Crippen LogP contribution < -0.4 is 0 Å². The van der Waals surface area contributed by atoms with Gasteiger partial charge in [-0.1, -0.05) is 12.1 Å². The molecule has 2 nitrogen and oxygen atoms in total. The van der Waals surface area contributed by atoms with Crippen molar-refractivity contribution in [3.05, 3.63) is 35.4 Å².